The van der Waals surface area contributed by atoms with Gasteiger partial charge in [0.25, 0.3) is 0 Å². The maximum atomic E-state index is 4.49. The molecule has 53 valence electrons. The minimum absolute atomic E-state index is 0.541. The molecule has 1 radical (unpaired) electrons. The zero-order valence-electron chi connectivity index (χ0n) is 6.46. The molecule has 2 nitrogen and oxygen atoms in total. The number of hydrogen-bond acceptors (Lipinski definition) is 1. The number of piperazine rings is 1. The molecule has 1 rings (SSSR count). The highest BCUT2D eigenvalue weighted by molar-refractivity contribution is 4.77. The van der Waals surface area contributed by atoms with Crippen molar-refractivity contribution in [2.45, 2.75) is 25.9 Å². The van der Waals surface area contributed by atoms with E-state index >= 15 is 0 Å². The van der Waals surface area contributed by atoms with E-state index in [1.165, 1.54) is 0 Å². The van der Waals surface area contributed by atoms with Crippen molar-refractivity contribution in [3.05, 3.63) is 0 Å². The second-order valence-corrected chi connectivity index (χ2v) is 3.07. The van der Waals surface area contributed by atoms with Gasteiger partial charge in [-0.2, -0.15) is 0 Å². The zero-order chi connectivity index (χ0) is 6.85. The second-order valence-electron chi connectivity index (χ2n) is 3.07. The summed E-state index contributed by atoms with van der Waals surface area (Å²) >= 11 is 0. The van der Waals surface area contributed by atoms with Gasteiger partial charge in [0.15, 0.2) is 0 Å². The average molecular weight is 127 g/mol. The van der Waals surface area contributed by atoms with Crippen LogP contribution >= 0.6 is 0 Å². The van der Waals surface area contributed by atoms with Crippen LogP contribution in [0.1, 0.15) is 13.8 Å². The third-order valence-corrected chi connectivity index (χ3v) is 1.66. The van der Waals surface area contributed by atoms with Gasteiger partial charge in [-0.1, -0.05) is 0 Å². The highest BCUT2D eigenvalue weighted by atomic mass is 15.2. The van der Waals surface area contributed by atoms with Gasteiger partial charge < -0.3 is 4.90 Å². The number of likely N-dealkylation sites (N-methyl/N-ethyl adjacent to an activating group) is 1. The van der Waals surface area contributed by atoms with Crippen LogP contribution < -0.4 is 5.32 Å². The molecule has 0 amide bonds. The van der Waals surface area contributed by atoms with Crippen LogP contribution in [0.5, 0.6) is 0 Å². The predicted octanol–water partition coefficient (Wildman–Crippen LogP) is 0.313. The van der Waals surface area contributed by atoms with Gasteiger partial charge in [-0.25, -0.2) is 5.32 Å². The first-order chi connectivity index (χ1) is 4.18. The Hall–Kier alpha value is -0.0800. The van der Waals surface area contributed by atoms with Crippen LogP contribution in [-0.4, -0.2) is 37.1 Å². The van der Waals surface area contributed by atoms with E-state index in [0.717, 1.165) is 13.1 Å². The molecule has 0 saturated carbocycles. The standard InChI is InChI=1S/C7H15N2/c1-6-4-9(3)5-7(2)8-6/h6-7H,4-5H2,1-3H3. The summed E-state index contributed by atoms with van der Waals surface area (Å²) < 4.78 is 0. The summed E-state index contributed by atoms with van der Waals surface area (Å²) in [5.41, 5.74) is 0. The first-order valence-corrected chi connectivity index (χ1v) is 3.57. The molecule has 1 saturated heterocycles. The van der Waals surface area contributed by atoms with Gasteiger partial charge in [0, 0.05) is 25.2 Å². The van der Waals surface area contributed by atoms with Gasteiger partial charge in [-0.15, -0.1) is 0 Å². The molecular weight excluding hydrogens is 112 g/mol. The monoisotopic (exact) mass is 127 g/mol. The fourth-order valence-electron chi connectivity index (χ4n) is 1.51. The topological polar surface area (TPSA) is 17.3 Å². The summed E-state index contributed by atoms with van der Waals surface area (Å²) in [6.07, 6.45) is 0. The van der Waals surface area contributed by atoms with E-state index in [0.29, 0.717) is 12.1 Å². The summed E-state index contributed by atoms with van der Waals surface area (Å²) in [5.74, 6) is 0. The highest BCUT2D eigenvalue weighted by Crippen LogP contribution is 2.01. The fraction of sp³-hybridized carbons (Fsp3) is 1.00. The summed E-state index contributed by atoms with van der Waals surface area (Å²) in [6, 6.07) is 1.08. The fourth-order valence-corrected chi connectivity index (χ4v) is 1.51. The molecule has 0 spiro atoms. The van der Waals surface area contributed by atoms with Crippen molar-refractivity contribution in [2.75, 3.05) is 20.1 Å². The molecule has 0 aromatic carbocycles. The Bertz CT molecular complexity index is 67.9. The molecule has 0 N–H and O–H groups in total. The third kappa shape index (κ3) is 1.95. The summed E-state index contributed by atoms with van der Waals surface area (Å²) in [6.45, 7) is 6.60. The smallest absolute Gasteiger partial charge is 0.0348 e. The summed E-state index contributed by atoms with van der Waals surface area (Å²) in [5, 5.41) is 4.49. The van der Waals surface area contributed by atoms with E-state index in [2.05, 4.69) is 31.1 Å². The molecule has 1 aliphatic rings. The highest BCUT2D eigenvalue weighted by Gasteiger charge is 2.18. The maximum Gasteiger partial charge on any atom is 0.0348 e. The molecule has 2 atom stereocenters. The van der Waals surface area contributed by atoms with Crippen LogP contribution in [0.15, 0.2) is 0 Å². The third-order valence-electron chi connectivity index (χ3n) is 1.66. The Kier molecular flexibility index (Phi) is 2.09. The molecule has 0 bridgehead atoms. The Morgan fingerprint density at radius 1 is 1.22 bits per heavy atom. The summed E-state index contributed by atoms with van der Waals surface area (Å²) in [4.78, 5) is 2.34. The lowest BCUT2D eigenvalue weighted by Gasteiger charge is -2.31. The van der Waals surface area contributed by atoms with E-state index < -0.39 is 0 Å². The quantitative estimate of drug-likeness (QED) is 0.458. The maximum absolute atomic E-state index is 4.49. The van der Waals surface area contributed by atoms with Crippen molar-refractivity contribution in [2.24, 2.45) is 0 Å². The Balaban J connectivity index is 2.34. The largest absolute Gasteiger partial charge is 0.303 e. The van der Waals surface area contributed by atoms with Gasteiger partial charge in [0.2, 0.25) is 0 Å². The van der Waals surface area contributed by atoms with Crippen LogP contribution in [0.3, 0.4) is 0 Å². The molecule has 1 aliphatic heterocycles. The van der Waals surface area contributed by atoms with Crippen molar-refractivity contribution >= 4 is 0 Å². The van der Waals surface area contributed by atoms with Gasteiger partial charge >= 0.3 is 0 Å². The first-order valence-electron chi connectivity index (χ1n) is 3.57. The number of hydrogen-bond donors (Lipinski definition) is 0. The Morgan fingerprint density at radius 3 is 2.00 bits per heavy atom. The van der Waals surface area contributed by atoms with E-state index in [4.69, 9.17) is 0 Å². The Morgan fingerprint density at radius 2 is 1.67 bits per heavy atom. The normalized spacial score (nSPS) is 39.0. The lowest BCUT2D eigenvalue weighted by molar-refractivity contribution is 0.203. The van der Waals surface area contributed by atoms with E-state index in [9.17, 15) is 0 Å². The number of nitrogens with zero attached hydrogens (tertiary/aromatic N) is 2. The molecular formula is C7H15N2. The lowest BCUT2D eigenvalue weighted by Crippen LogP contribution is -2.48. The van der Waals surface area contributed by atoms with E-state index in [1.54, 1.807) is 0 Å². The van der Waals surface area contributed by atoms with Crippen LogP contribution in [0.4, 0.5) is 0 Å². The molecule has 0 aromatic rings. The predicted molar refractivity (Wildman–Crippen MR) is 38.6 cm³/mol. The van der Waals surface area contributed by atoms with E-state index in [1.807, 2.05) is 0 Å². The SMILES string of the molecule is CC1CN(C)CC(C)[N]1. The molecule has 1 fully saturated rings. The first kappa shape index (κ1) is 7.03. The molecule has 2 heteroatoms. The minimum Gasteiger partial charge on any atom is -0.303 e. The average Bonchev–Trinajstić information content (AvgIpc) is 1.59. The van der Waals surface area contributed by atoms with Crippen molar-refractivity contribution in [3.63, 3.8) is 0 Å². The van der Waals surface area contributed by atoms with E-state index in [-0.39, 0.29) is 0 Å². The van der Waals surface area contributed by atoms with Gasteiger partial charge in [-0.3, -0.25) is 0 Å². The second kappa shape index (κ2) is 2.67. The van der Waals surface area contributed by atoms with Crippen LogP contribution in [0.25, 0.3) is 0 Å². The van der Waals surface area contributed by atoms with Crippen molar-refractivity contribution in [1.82, 2.24) is 10.2 Å². The lowest BCUT2D eigenvalue weighted by atomic mass is 10.2. The zero-order valence-corrected chi connectivity index (χ0v) is 6.46. The molecule has 0 aliphatic carbocycles. The molecule has 1 heterocycles. The van der Waals surface area contributed by atoms with Gasteiger partial charge in [0.1, 0.15) is 0 Å². The molecule has 9 heavy (non-hydrogen) atoms. The van der Waals surface area contributed by atoms with Gasteiger partial charge in [0.05, 0.1) is 0 Å². The van der Waals surface area contributed by atoms with Crippen LogP contribution in [-0.2, 0) is 0 Å². The molecule has 2 unspecified atom stereocenters. The van der Waals surface area contributed by atoms with Gasteiger partial charge in [-0.05, 0) is 20.9 Å². The van der Waals surface area contributed by atoms with Crippen LogP contribution in [0.2, 0.25) is 0 Å². The van der Waals surface area contributed by atoms with Crippen molar-refractivity contribution < 1.29 is 0 Å². The number of rotatable bonds is 0. The Labute approximate surface area is 57.2 Å². The summed E-state index contributed by atoms with van der Waals surface area (Å²) in [7, 11) is 2.15. The van der Waals surface area contributed by atoms with Crippen molar-refractivity contribution in [1.29, 1.82) is 0 Å². The van der Waals surface area contributed by atoms with Crippen LogP contribution in [0, 0.1) is 0 Å². The molecule has 0 aromatic heterocycles. The van der Waals surface area contributed by atoms with Crippen molar-refractivity contribution in [3.8, 4) is 0 Å². The minimum atomic E-state index is 0.541.